The molecule has 2 N–H and O–H groups in total. The third-order valence-corrected chi connectivity index (χ3v) is 4.18. The van der Waals surface area contributed by atoms with Crippen LogP contribution in [0.1, 0.15) is 31.4 Å². The summed E-state index contributed by atoms with van der Waals surface area (Å²) < 4.78 is 6.48. The molecule has 0 bridgehead atoms. The maximum absolute atomic E-state index is 12.3. The molecule has 1 aromatic heterocycles. The van der Waals surface area contributed by atoms with Crippen LogP contribution < -0.4 is 16.7 Å². The van der Waals surface area contributed by atoms with Crippen LogP contribution in [0.25, 0.3) is 0 Å². The van der Waals surface area contributed by atoms with Gasteiger partial charge in [0.25, 0.3) is 0 Å². The van der Waals surface area contributed by atoms with E-state index in [1.807, 2.05) is 37.3 Å². The van der Waals surface area contributed by atoms with E-state index in [2.05, 4.69) is 15.3 Å². The SMILES string of the molecule is CC(Cc1ccccc1)Nc1nc(=O)n(C2CCOCC2)c(=O)[nH]1. The van der Waals surface area contributed by atoms with Gasteiger partial charge in [0.1, 0.15) is 0 Å². The third kappa shape index (κ3) is 3.91. The molecule has 1 aliphatic heterocycles. The van der Waals surface area contributed by atoms with E-state index in [0.717, 1.165) is 6.42 Å². The fourth-order valence-corrected chi connectivity index (χ4v) is 3.01. The standard InChI is InChI=1S/C17H22N4O3/c1-12(11-13-5-3-2-4-6-13)18-15-19-16(22)21(17(23)20-15)14-7-9-24-10-8-14/h2-6,12,14H,7-11H2,1H3,(H2,18,19,20,22,23). The summed E-state index contributed by atoms with van der Waals surface area (Å²) in [6, 6.07) is 9.91. The molecule has 0 saturated carbocycles. The summed E-state index contributed by atoms with van der Waals surface area (Å²) in [6.45, 7) is 3.10. The van der Waals surface area contributed by atoms with Crippen molar-refractivity contribution in [3.05, 3.63) is 56.9 Å². The molecule has 24 heavy (non-hydrogen) atoms. The van der Waals surface area contributed by atoms with E-state index in [1.165, 1.54) is 10.1 Å². The molecule has 0 amide bonds. The first-order valence-corrected chi connectivity index (χ1v) is 8.24. The summed E-state index contributed by atoms with van der Waals surface area (Å²) in [5, 5.41) is 3.10. The van der Waals surface area contributed by atoms with Crippen LogP contribution >= 0.6 is 0 Å². The molecule has 1 fully saturated rings. The number of nitrogens with one attached hydrogen (secondary N) is 2. The van der Waals surface area contributed by atoms with Crippen molar-refractivity contribution in [2.24, 2.45) is 0 Å². The number of nitrogens with zero attached hydrogens (tertiary/aromatic N) is 2. The molecule has 0 spiro atoms. The normalized spacial score (nSPS) is 16.7. The van der Waals surface area contributed by atoms with E-state index in [9.17, 15) is 9.59 Å². The van der Waals surface area contributed by atoms with Crippen LogP contribution in [0.2, 0.25) is 0 Å². The Hall–Kier alpha value is -2.41. The number of aromatic nitrogens is 3. The van der Waals surface area contributed by atoms with Gasteiger partial charge in [-0.1, -0.05) is 30.3 Å². The zero-order valence-electron chi connectivity index (χ0n) is 13.7. The Morgan fingerprint density at radius 1 is 1.29 bits per heavy atom. The van der Waals surface area contributed by atoms with Gasteiger partial charge < -0.3 is 10.1 Å². The third-order valence-electron chi connectivity index (χ3n) is 4.18. The van der Waals surface area contributed by atoms with Gasteiger partial charge in [0.2, 0.25) is 5.95 Å². The molecule has 2 heterocycles. The molecule has 0 aliphatic carbocycles. The largest absolute Gasteiger partial charge is 0.381 e. The fraction of sp³-hybridized carbons (Fsp3) is 0.471. The summed E-state index contributed by atoms with van der Waals surface area (Å²) >= 11 is 0. The van der Waals surface area contributed by atoms with E-state index >= 15 is 0 Å². The molecule has 3 rings (SSSR count). The fourth-order valence-electron chi connectivity index (χ4n) is 3.01. The molecular formula is C17H22N4O3. The Kier molecular flexibility index (Phi) is 5.10. The second kappa shape index (κ2) is 7.44. The number of rotatable bonds is 5. The smallest absolute Gasteiger partial charge is 0.355 e. The first kappa shape index (κ1) is 16.4. The van der Waals surface area contributed by atoms with Gasteiger partial charge in [-0.15, -0.1) is 0 Å². The van der Waals surface area contributed by atoms with Crippen molar-refractivity contribution in [3.63, 3.8) is 0 Å². The van der Waals surface area contributed by atoms with Crippen molar-refractivity contribution < 1.29 is 4.74 Å². The molecule has 1 aliphatic rings. The van der Waals surface area contributed by atoms with Crippen molar-refractivity contribution in [2.45, 2.75) is 38.3 Å². The van der Waals surface area contributed by atoms with Gasteiger partial charge >= 0.3 is 11.4 Å². The van der Waals surface area contributed by atoms with Gasteiger partial charge in [-0.25, -0.2) is 14.2 Å². The van der Waals surface area contributed by atoms with Crippen LogP contribution in [0.4, 0.5) is 5.95 Å². The minimum atomic E-state index is -0.514. The quantitative estimate of drug-likeness (QED) is 0.863. The lowest BCUT2D eigenvalue weighted by molar-refractivity contribution is 0.0670. The maximum atomic E-state index is 12.3. The molecule has 1 aromatic carbocycles. The molecule has 0 radical (unpaired) electrons. The Morgan fingerprint density at radius 3 is 2.67 bits per heavy atom. The van der Waals surface area contributed by atoms with Crippen LogP contribution in [0.5, 0.6) is 0 Å². The van der Waals surface area contributed by atoms with Crippen molar-refractivity contribution in [3.8, 4) is 0 Å². The number of aromatic amines is 1. The zero-order chi connectivity index (χ0) is 16.9. The minimum absolute atomic E-state index is 0.0360. The van der Waals surface area contributed by atoms with Gasteiger partial charge in [-0.3, -0.25) is 4.98 Å². The number of anilines is 1. The zero-order valence-corrected chi connectivity index (χ0v) is 13.7. The van der Waals surface area contributed by atoms with Gasteiger partial charge in [0, 0.05) is 25.3 Å². The molecule has 128 valence electrons. The van der Waals surface area contributed by atoms with E-state index in [1.54, 1.807) is 0 Å². The maximum Gasteiger partial charge on any atom is 0.355 e. The van der Waals surface area contributed by atoms with Crippen molar-refractivity contribution >= 4 is 5.95 Å². The van der Waals surface area contributed by atoms with Gasteiger partial charge in [0.05, 0.1) is 0 Å². The predicted octanol–water partition coefficient (Wildman–Crippen LogP) is 1.33. The van der Waals surface area contributed by atoms with Gasteiger partial charge in [-0.2, -0.15) is 4.98 Å². The van der Waals surface area contributed by atoms with Crippen molar-refractivity contribution in [2.75, 3.05) is 18.5 Å². The summed E-state index contributed by atoms with van der Waals surface area (Å²) in [4.78, 5) is 31.2. The Balaban J connectivity index is 1.73. The van der Waals surface area contributed by atoms with E-state index in [-0.39, 0.29) is 18.0 Å². The molecule has 1 unspecified atom stereocenters. The Morgan fingerprint density at radius 2 is 2.00 bits per heavy atom. The molecule has 1 atom stereocenters. The highest BCUT2D eigenvalue weighted by Crippen LogP contribution is 2.17. The average molecular weight is 330 g/mol. The highest BCUT2D eigenvalue weighted by atomic mass is 16.5. The van der Waals surface area contributed by atoms with E-state index in [0.29, 0.717) is 26.1 Å². The number of ether oxygens (including phenoxy) is 1. The topological polar surface area (TPSA) is 89.0 Å². The minimum Gasteiger partial charge on any atom is -0.381 e. The number of H-pyrrole nitrogens is 1. The molecule has 7 heteroatoms. The van der Waals surface area contributed by atoms with Crippen LogP contribution in [0.3, 0.4) is 0 Å². The first-order chi connectivity index (χ1) is 11.6. The lowest BCUT2D eigenvalue weighted by atomic mass is 10.1. The van der Waals surface area contributed by atoms with Crippen LogP contribution in [-0.2, 0) is 11.2 Å². The first-order valence-electron chi connectivity index (χ1n) is 8.24. The van der Waals surface area contributed by atoms with Crippen LogP contribution in [0.15, 0.2) is 39.9 Å². The summed E-state index contributed by atoms with van der Waals surface area (Å²) in [6.07, 6.45) is 2.08. The summed E-state index contributed by atoms with van der Waals surface area (Å²) in [5.74, 6) is 0.219. The lowest BCUT2D eigenvalue weighted by Crippen LogP contribution is -2.42. The van der Waals surface area contributed by atoms with E-state index in [4.69, 9.17) is 4.74 Å². The number of hydrogen-bond donors (Lipinski definition) is 2. The molecular weight excluding hydrogens is 308 g/mol. The second-order valence-electron chi connectivity index (χ2n) is 6.12. The highest BCUT2D eigenvalue weighted by molar-refractivity contribution is 5.25. The van der Waals surface area contributed by atoms with Gasteiger partial charge in [-0.05, 0) is 31.7 Å². The summed E-state index contributed by atoms with van der Waals surface area (Å²) in [5.41, 5.74) is 0.242. The molecule has 1 saturated heterocycles. The van der Waals surface area contributed by atoms with Crippen LogP contribution in [-0.4, -0.2) is 33.8 Å². The molecule has 2 aromatic rings. The number of hydrogen-bond acceptors (Lipinski definition) is 5. The van der Waals surface area contributed by atoms with Crippen molar-refractivity contribution in [1.29, 1.82) is 0 Å². The lowest BCUT2D eigenvalue weighted by Gasteiger charge is -2.23. The predicted molar refractivity (Wildman–Crippen MR) is 91.4 cm³/mol. The number of benzene rings is 1. The average Bonchev–Trinajstić information content (AvgIpc) is 2.56. The van der Waals surface area contributed by atoms with Crippen molar-refractivity contribution in [1.82, 2.24) is 14.5 Å². The van der Waals surface area contributed by atoms with E-state index < -0.39 is 11.4 Å². The van der Waals surface area contributed by atoms with Crippen LogP contribution in [0, 0.1) is 0 Å². The monoisotopic (exact) mass is 330 g/mol. The van der Waals surface area contributed by atoms with Gasteiger partial charge in [0.15, 0.2) is 0 Å². The Bertz CT molecular complexity index is 747. The molecule has 7 nitrogen and oxygen atoms in total. The Labute approximate surface area is 139 Å². The second-order valence-corrected chi connectivity index (χ2v) is 6.12. The summed E-state index contributed by atoms with van der Waals surface area (Å²) in [7, 11) is 0. The highest BCUT2D eigenvalue weighted by Gasteiger charge is 2.20.